The van der Waals surface area contributed by atoms with Crippen molar-refractivity contribution in [3.63, 3.8) is 0 Å². The van der Waals surface area contributed by atoms with E-state index < -0.39 is 11.7 Å². The summed E-state index contributed by atoms with van der Waals surface area (Å²) in [5.74, 6) is 0.108. The molecule has 0 saturated carbocycles. The Hall–Kier alpha value is -1.73. The number of halogens is 5. The summed E-state index contributed by atoms with van der Waals surface area (Å²) in [4.78, 5) is 7.44. The lowest BCUT2D eigenvalue weighted by Gasteiger charge is -2.12. The first-order valence-corrected chi connectivity index (χ1v) is 5.94. The van der Waals surface area contributed by atoms with Crippen LogP contribution in [0.1, 0.15) is 5.56 Å². The van der Waals surface area contributed by atoms with Gasteiger partial charge in [-0.2, -0.15) is 13.2 Å². The Kier molecular flexibility index (Phi) is 3.92. The Morgan fingerprint density at radius 1 is 1.10 bits per heavy atom. The number of alkyl halides is 3. The molecule has 2 rings (SSSR count). The number of hydrogen-bond donors (Lipinski definition) is 2. The van der Waals surface area contributed by atoms with Gasteiger partial charge in [-0.15, -0.1) is 0 Å². The molecule has 4 nitrogen and oxygen atoms in total. The van der Waals surface area contributed by atoms with E-state index in [0.29, 0.717) is 0 Å². The Balaban J connectivity index is 2.39. The fourth-order valence-corrected chi connectivity index (χ4v) is 1.81. The summed E-state index contributed by atoms with van der Waals surface area (Å²) in [7, 11) is 0. The third-order valence-corrected chi connectivity index (χ3v) is 2.90. The molecule has 1 aromatic carbocycles. The second-order valence-electron chi connectivity index (χ2n) is 3.77. The van der Waals surface area contributed by atoms with E-state index in [9.17, 15) is 13.2 Å². The van der Waals surface area contributed by atoms with Crippen LogP contribution in [0, 0.1) is 0 Å². The van der Waals surface area contributed by atoms with Gasteiger partial charge in [0.2, 0.25) is 0 Å². The molecular weight excluding hydrogens is 316 g/mol. The van der Waals surface area contributed by atoms with E-state index in [1.54, 1.807) is 0 Å². The van der Waals surface area contributed by atoms with Crippen LogP contribution in [0.25, 0.3) is 0 Å². The molecule has 20 heavy (non-hydrogen) atoms. The van der Waals surface area contributed by atoms with Crippen LogP contribution in [0.2, 0.25) is 10.0 Å². The molecule has 0 aliphatic heterocycles. The fraction of sp³-hybridized carbons (Fsp3) is 0.0909. The molecular formula is C11H7Cl2F3N4. The van der Waals surface area contributed by atoms with E-state index in [1.165, 1.54) is 6.07 Å². The van der Waals surface area contributed by atoms with Crippen LogP contribution in [0.3, 0.4) is 0 Å². The molecule has 0 aliphatic carbocycles. The van der Waals surface area contributed by atoms with Crippen LogP contribution in [0.15, 0.2) is 24.5 Å². The van der Waals surface area contributed by atoms with Crippen molar-refractivity contribution in [1.29, 1.82) is 0 Å². The highest BCUT2D eigenvalue weighted by molar-refractivity contribution is 6.35. The molecule has 1 heterocycles. The summed E-state index contributed by atoms with van der Waals surface area (Å²) in [6, 6.07) is 3.02. The van der Waals surface area contributed by atoms with Gasteiger partial charge in [0.25, 0.3) is 0 Å². The third-order valence-electron chi connectivity index (χ3n) is 2.30. The monoisotopic (exact) mass is 322 g/mol. The molecule has 0 amide bonds. The zero-order valence-electron chi connectivity index (χ0n) is 9.67. The van der Waals surface area contributed by atoms with E-state index in [-0.39, 0.29) is 27.4 Å². The molecule has 0 fully saturated rings. The fourth-order valence-electron chi connectivity index (χ4n) is 1.43. The van der Waals surface area contributed by atoms with Gasteiger partial charge in [-0.1, -0.05) is 23.2 Å². The SMILES string of the molecule is Nc1ncnc(Nc2cc(Cl)cc(C(F)(F)F)c2)c1Cl. The number of nitrogens with one attached hydrogen (secondary N) is 1. The summed E-state index contributed by atoms with van der Waals surface area (Å²) in [5.41, 5.74) is 4.68. The molecule has 9 heteroatoms. The average Bonchev–Trinajstić information content (AvgIpc) is 2.33. The van der Waals surface area contributed by atoms with E-state index in [1.807, 2.05) is 0 Å². The first-order valence-electron chi connectivity index (χ1n) is 5.18. The topological polar surface area (TPSA) is 63.8 Å². The number of nitrogen functional groups attached to an aromatic ring is 1. The molecule has 0 bridgehead atoms. The lowest BCUT2D eigenvalue weighted by atomic mass is 10.2. The number of hydrogen-bond acceptors (Lipinski definition) is 4. The molecule has 0 spiro atoms. The zero-order chi connectivity index (χ0) is 14.9. The van der Waals surface area contributed by atoms with Gasteiger partial charge in [-0.25, -0.2) is 9.97 Å². The minimum Gasteiger partial charge on any atom is -0.382 e. The molecule has 106 valence electrons. The number of aromatic nitrogens is 2. The van der Waals surface area contributed by atoms with Gasteiger partial charge >= 0.3 is 6.18 Å². The Bertz CT molecular complexity index is 646. The smallest absolute Gasteiger partial charge is 0.382 e. The average molecular weight is 323 g/mol. The number of rotatable bonds is 2. The highest BCUT2D eigenvalue weighted by atomic mass is 35.5. The van der Waals surface area contributed by atoms with Crippen LogP contribution in [-0.4, -0.2) is 9.97 Å². The standard InChI is InChI=1S/C11H7Cl2F3N4/c12-6-1-5(11(14,15)16)2-7(3-6)20-10-8(13)9(17)18-4-19-10/h1-4H,(H3,17,18,19,20). The summed E-state index contributed by atoms with van der Waals surface area (Å²) in [6.07, 6.45) is -3.37. The molecule has 0 unspecified atom stereocenters. The van der Waals surface area contributed by atoms with Crippen LogP contribution in [-0.2, 0) is 6.18 Å². The largest absolute Gasteiger partial charge is 0.416 e. The Labute approximate surface area is 121 Å². The summed E-state index contributed by atoms with van der Waals surface area (Å²) < 4.78 is 38.0. The second-order valence-corrected chi connectivity index (χ2v) is 4.59. The van der Waals surface area contributed by atoms with Crippen LogP contribution >= 0.6 is 23.2 Å². The lowest BCUT2D eigenvalue weighted by Crippen LogP contribution is -2.06. The van der Waals surface area contributed by atoms with Gasteiger partial charge < -0.3 is 11.1 Å². The van der Waals surface area contributed by atoms with Gasteiger partial charge in [-0.05, 0) is 18.2 Å². The minimum atomic E-state index is -4.50. The summed E-state index contributed by atoms with van der Waals surface area (Å²) in [6.45, 7) is 0. The number of nitrogens with zero attached hydrogens (tertiary/aromatic N) is 2. The van der Waals surface area contributed by atoms with E-state index in [2.05, 4.69) is 15.3 Å². The van der Waals surface area contributed by atoms with E-state index in [0.717, 1.165) is 18.5 Å². The summed E-state index contributed by atoms with van der Waals surface area (Å²) >= 11 is 11.5. The highest BCUT2D eigenvalue weighted by Gasteiger charge is 2.31. The molecule has 3 N–H and O–H groups in total. The van der Waals surface area contributed by atoms with Gasteiger partial charge in [-0.3, -0.25) is 0 Å². The zero-order valence-corrected chi connectivity index (χ0v) is 11.2. The van der Waals surface area contributed by atoms with Crippen molar-refractivity contribution in [1.82, 2.24) is 9.97 Å². The maximum Gasteiger partial charge on any atom is 0.416 e. The molecule has 0 saturated heterocycles. The first kappa shape index (κ1) is 14.7. The third kappa shape index (κ3) is 3.23. The molecule has 0 atom stereocenters. The highest BCUT2D eigenvalue weighted by Crippen LogP contribution is 2.35. The van der Waals surface area contributed by atoms with E-state index >= 15 is 0 Å². The first-order chi connectivity index (χ1) is 9.27. The quantitative estimate of drug-likeness (QED) is 0.872. The lowest BCUT2D eigenvalue weighted by molar-refractivity contribution is -0.137. The van der Waals surface area contributed by atoms with Gasteiger partial charge in [0.1, 0.15) is 17.2 Å². The van der Waals surface area contributed by atoms with Crippen molar-refractivity contribution in [2.24, 2.45) is 0 Å². The minimum absolute atomic E-state index is 0.0148. The predicted octanol–water partition coefficient (Wildman–Crippen LogP) is 4.13. The van der Waals surface area contributed by atoms with Crippen LogP contribution in [0.5, 0.6) is 0 Å². The van der Waals surface area contributed by atoms with Crippen molar-refractivity contribution in [2.45, 2.75) is 6.18 Å². The summed E-state index contributed by atoms with van der Waals surface area (Å²) in [5, 5.41) is 2.56. The molecule has 2 aromatic rings. The number of nitrogens with two attached hydrogens (primary N) is 1. The maximum atomic E-state index is 12.7. The van der Waals surface area contributed by atoms with E-state index in [4.69, 9.17) is 28.9 Å². The van der Waals surface area contributed by atoms with Gasteiger partial charge in [0, 0.05) is 10.7 Å². The molecule has 1 aromatic heterocycles. The predicted molar refractivity (Wildman–Crippen MR) is 71.2 cm³/mol. The van der Waals surface area contributed by atoms with Crippen LogP contribution < -0.4 is 11.1 Å². The molecule has 0 radical (unpaired) electrons. The van der Waals surface area contributed by atoms with Crippen molar-refractivity contribution in [2.75, 3.05) is 11.1 Å². The molecule has 0 aliphatic rings. The Morgan fingerprint density at radius 2 is 1.80 bits per heavy atom. The normalized spacial score (nSPS) is 11.4. The second kappa shape index (κ2) is 5.34. The van der Waals surface area contributed by atoms with Crippen molar-refractivity contribution in [3.8, 4) is 0 Å². The van der Waals surface area contributed by atoms with Gasteiger partial charge in [0.05, 0.1) is 5.56 Å². The van der Waals surface area contributed by atoms with Crippen molar-refractivity contribution in [3.05, 3.63) is 40.1 Å². The van der Waals surface area contributed by atoms with Gasteiger partial charge in [0.15, 0.2) is 5.82 Å². The Morgan fingerprint density at radius 3 is 2.45 bits per heavy atom. The van der Waals surface area contributed by atoms with Crippen molar-refractivity contribution >= 4 is 40.5 Å². The van der Waals surface area contributed by atoms with Crippen molar-refractivity contribution < 1.29 is 13.2 Å². The maximum absolute atomic E-state index is 12.7. The number of benzene rings is 1. The van der Waals surface area contributed by atoms with Crippen LogP contribution in [0.4, 0.5) is 30.5 Å². The number of anilines is 3.